The fraction of sp³-hybridized carbons (Fsp3) is 0.346. The molecular formula is C26H31N3O3. The Morgan fingerprint density at radius 1 is 1.25 bits per heavy atom. The fourth-order valence-electron chi connectivity index (χ4n) is 5.04. The Morgan fingerprint density at radius 2 is 2.06 bits per heavy atom. The van der Waals surface area contributed by atoms with Gasteiger partial charge in [-0.25, -0.2) is 5.48 Å². The van der Waals surface area contributed by atoms with Crippen LogP contribution < -0.4 is 5.48 Å². The van der Waals surface area contributed by atoms with Crippen molar-refractivity contribution in [3.63, 3.8) is 0 Å². The maximum Gasteiger partial charge on any atom is 0.267 e. The highest BCUT2D eigenvalue weighted by Crippen LogP contribution is 2.40. The molecular weight excluding hydrogens is 402 g/mol. The van der Waals surface area contributed by atoms with Crippen LogP contribution in [0.1, 0.15) is 45.8 Å². The van der Waals surface area contributed by atoms with Crippen molar-refractivity contribution in [1.82, 2.24) is 15.4 Å². The van der Waals surface area contributed by atoms with E-state index in [1.54, 1.807) is 11.6 Å². The van der Waals surface area contributed by atoms with Crippen LogP contribution in [-0.2, 0) is 17.6 Å². The first-order valence-corrected chi connectivity index (χ1v) is 11.2. The number of hydroxylamine groups is 1. The maximum absolute atomic E-state index is 11.4. The minimum absolute atomic E-state index is 0.134. The minimum atomic E-state index is -0.535. The number of benzene rings is 2. The number of para-hydroxylation sites is 1. The van der Waals surface area contributed by atoms with E-state index in [2.05, 4.69) is 54.2 Å². The molecule has 1 unspecified atom stereocenters. The zero-order valence-corrected chi connectivity index (χ0v) is 18.7. The lowest BCUT2D eigenvalue weighted by Crippen LogP contribution is -2.32. The van der Waals surface area contributed by atoms with Crippen LogP contribution in [0.5, 0.6) is 0 Å². The summed E-state index contributed by atoms with van der Waals surface area (Å²) in [7, 11) is 0. The van der Waals surface area contributed by atoms with E-state index in [9.17, 15) is 9.90 Å². The second-order valence-electron chi connectivity index (χ2n) is 8.52. The Kier molecular flexibility index (Phi) is 6.74. The summed E-state index contributed by atoms with van der Waals surface area (Å²) in [5, 5.41) is 19.8. The molecule has 1 aromatic heterocycles. The second kappa shape index (κ2) is 9.69. The molecule has 0 saturated carbocycles. The number of hydrogen-bond acceptors (Lipinski definition) is 4. The number of aryl methyl sites for hydroxylation is 1. The van der Waals surface area contributed by atoms with Crippen LogP contribution in [0.2, 0.25) is 0 Å². The van der Waals surface area contributed by atoms with Gasteiger partial charge in [0.25, 0.3) is 5.91 Å². The van der Waals surface area contributed by atoms with E-state index in [0.717, 1.165) is 42.5 Å². The molecule has 4 rings (SSSR count). The first-order chi connectivity index (χ1) is 15.5. The molecule has 0 spiro atoms. The number of fused-ring (bicyclic) bond motifs is 2. The summed E-state index contributed by atoms with van der Waals surface area (Å²) < 4.78 is 0. The number of H-pyrrole nitrogens is 1. The standard InChI is InChI=1S/C26H31N3O3/c1-17-18(2)26-20(15-19(17)8-10-25(31)28-32)7-9-24(26)29(13-14-30)12-11-21-16-27-23-6-4-3-5-22(21)23/h3-6,8,10,15-16,24,27,30,32H,7,9,11-14H2,1-2H3,(H,28,31). The third kappa shape index (κ3) is 4.35. The second-order valence-corrected chi connectivity index (χ2v) is 8.52. The van der Waals surface area contributed by atoms with E-state index in [0.29, 0.717) is 6.54 Å². The van der Waals surface area contributed by atoms with Gasteiger partial charge in [-0.3, -0.25) is 14.9 Å². The molecule has 4 N–H and O–H groups in total. The van der Waals surface area contributed by atoms with Crippen molar-refractivity contribution >= 4 is 22.9 Å². The SMILES string of the molecule is Cc1c(C=CC(=O)NO)cc2c(c1C)C(N(CCO)CCc1c[nH]c3ccccc13)CC2. The van der Waals surface area contributed by atoms with Gasteiger partial charge in [0.15, 0.2) is 0 Å². The van der Waals surface area contributed by atoms with Gasteiger partial charge in [-0.15, -0.1) is 0 Å². The van der Waals surface area contributed by atoms with Gasteiger partial charge in [0.1, 0.15) is 0 Å². The van der Waals surface area contributed by atoms with E-state index in [1.807, 2.05) is 6.07 Å². The monoisotopic (exact) mass is 433 g/mol. The predicted octanol–water partition coefficient (Wildman–Crippen LogP) is 3.83. The van der Waals surface area contributed by atoms with Gasteiger partial charge >= 0.3 is 0 Å². The number of hydrogen-bond donors (Lipinski definition) is 4. The highest BCUT2D eigenvalue weighted by molar-refractivity contribution is 5.91. The van der Waals surface area contributed by atoms with Crippen molar-refractivity contribution < 1.29 is 15.1 Å². The van der Waals surface area contributed by atoms with Crippen LogP contribution in [0.25, 0.3) is 17.0 Å². The molecule has 1 heterocycles. The molecule has 0 saturated heterocycles. The van der Waals surface area contributed by atoms with Crippen LogP contribution >= 0.6 is 0 Å². The number of carbonyl (C=O) groups excluding carboxylic acids is 1. The van der Waals surface area contributed by atoms with Crippen LogP contribution in [0.3, 0.4) is 0 Å². The van der Waals surface area contributed by atoms with Gasteiger partial charge in [0.2, 0.25) is 0 Å². The lowest BCUT2D eigenvalue weighted by molar-refractivity contribution is -0.124. The van der Waals surface area contributed by atoms with E-state index in [1.165, 1.54) is 33.7 Å². The van der Waals surface area contributed by atoms with Crippen molar-refractivity contribution in [2.45, 2.75) is 39.2 Å². The Hall–Kier alpha value is -2.93. The number of carbonyl (C=O) groups is 1. The number of aliphatic hydroxyl groups excluding tert-OH is 1. The van der Waals surface area contributed by atoms with Crippen molar-refractivity contribution in [3.05, 3.63) is 76.0 Å². The molecule has 1 amide bonds. The van der Waals surface area contributed by atoms with E-state index in [4.69, 9.17) is 5.21 Å². The lowest BCUT2D eigenvalue weighted by Gasteiger charge is -2.30. The molecule has 1 atom stereocenters. The maximum atomic E-state index is 11.4. The van der Waals surface area contributed by atoms with Gasteiger partial charge in [-0.2, -0.15) is 0 Å². The van der Waals surface area contributed by atoms with Gasteiger partial charge in [-0.1, -0.05) is 24.3 Å². The zero-order chi connectivity index (χ0) is 22.7. The van der Waals surface area contributed by atoms with E-state index >= 15 is 0 Å². The summed E-state index contributed by atoms with van der Waals surface area (Å²) in [5.41, 5.74) is 10.1. The molecule has 1 aliphatic rings. The highest BCUT2D eigenvalue weighted by atomic mass is 16.5. The number of aromatic amines is 1. The van der Waals surface area contributed by atoms with Gasteiger partial charge in [0.05, 0.1) is 6.61 Å². The Balaban J connectivity index is 1.58. The minimum Gasteiger partial charge on any atom is -0.395 e. The third-order valence-electron chi connectivity index (χ3n) is 6.79. The molecule has 3 aromatic rings. The largest absolute Gasteiger partial charge is 0.395 e. The topological polar surface area (TPSA) is 88.6 Å². The van der Waals surface area contributed by atoms with Crippen LogP contribution in [-0.4, -0.2) is 45.8 Å². The average molecular weight is 434 g/mol. The van der Waals surface area contributed by atoms with Crippen LogP contribution in [0.15, 0.2) is 42.6 Å². The van der Waals surface area contributed by atoms with Gasteiger partial charge in [0, 0.05) is 42.3 Å². The van der Waals surface area contributed by atoms with Crippen LogP contribution in [0, 0.1) is 13.8 Å². The normalized spacial score (nSPS) is 15.7. The molecule has 6 heteroatoms. The number of aromatic nitrogens is 1. The van der Waals surface area contributed by atoms with E-state index in [-0.39, 0.29) is 12.6 Å². The summed E-state index contributed by atoms with van der Waals surface area (Å²) in [6.07, 6.45) is 8.12. The molecule has 168 valence electrons. The summed E-state index contributed by atoms with van der Waals surface area (Å²) in [5.74, 6) is -0.535. The average Bonchev–Trinajstić information content (AvgIpc) is 3.42. The molecule has 0 fully saturated rings. The number of nitrogens with one attached hydrogen (secondary N) is 2. The number of rotatable bonds is 8. The smallest absolute Gasteiger partial charge is 0.267 e. The summed E-state index contributed by atoms with van der Waals surface area (Å²) in [6.45, 7) is 5.87. The number of amides is 1. The number of nitrogens with zero attached hydrogens (tertiary/aromatic N) is 1. The van der Waals surface area contributed by atoms with Crippen molar-refractivity contribution in [2.24, 2.45) is 0 Å². The molecule has 32 heavy (non-hydrogen) atoms. The molecule has 2 aromatic carbocycles. The Bertz CT molecular complexity index is 1150. The van der Waals surface area contributed by atoms with Gasteiger partial charge < -0.3 is 10.1 Å². The predicted molar refractivity (Wildman–Crippen MR) is 127 cm³/mol. The van der Waals surface area contributed by atoms with E-state index < -0.39 is 5.91 Å². The lowest BCUT2D eigenvalue weighted by atomic mass is 9.92. The first kappa shape index (κ1) is 22.3. The molecule has 0 bridgehead atoms. The quantitative estimate of drug-likeness (QED) is 0.247. The van der Waals surface area contributed by atoms with Crippen molar-refractivity contribution in [1.29, 1.82) is 0 Å². The zero-order valence-electron chi connectivity index (χ0n) is 18.7. The number of aliphatic hydroxyl groups is 1. The Labute approximate surface area is 188 Å². The van der Waals surface area contributed by atoms with Crippen molar-refractivity contribution in [3.8, 4) is 0 Å². The Morgan fingerprint density at radius 3 is 2.84 bits per heavy atom. The summed E-state index contributed by atoms with van der Waals surface area (Å²) in [6, 6.07) is 10.8. The van der Waals surface area contributed by atoms with Gasteiger partial charge in [-0.05, 0) is 78.6 Å². The molecule has 0 radical (unpaired) electrons. The van der Waals surface area contributed by atoms with Crippen molar-refractivity contribution in [2.75, 3.05) is 19.7 Å². The summed E-state index contributed by atoms with van der Waals surface area (Å²) >= 11 is 0. The molecule has 0 aliphatic heterocycles. The summed E-state index contributed by atoms with van der Waals surface area (Å²) in [4.78, 5) is 17.2. The highest BCUT2D eigenvalue weighted by Gasteiger charge is 2.30. The van der Waals surface area contributed by atoms with Crippen LogP contribution in [0.4, 0.5) is 0 Å². The third-order valence-corrected chi connectivity index (χ3v) is 6.79. The molecule has 6 nitrogen and oxygen atoms in total. The molecule has 1 aliphatic carbocycles. The fourth-order valence-corrected chi connectivity index (χ4v) is 5.04. The first-order valence-electron chi connectivity index (χ1n) is 11.2.